The van der Waals surface area contributed by atoms with Gasteiger partial charge in [-0.25, -0.2) is 4.68 Å². The summed E-state index contributed by atoms with van der Waals surface area (Å²) in [5.41, 5.74) is 1.99. The predicted octanol–water partition coefficient (Wildman–Crippen LogP) is 4.65. The van der Waals surface area contributed by atoms with Gasteiger partial charge in [0, 0.05) is 28.5 Å². The van der Waals surface area contributed by atoms with Crippen LogP contribution in [0.25, 0.3) is 0 Å². The monoisotopic (exact) mass is 432 g/mol. The largest absolute Gasteiger partial charge is 0.573 e. The van der Waals surface area contributed by atoms with Gasteiger partial charge in [0.15, 0.2) is 5.78 Å². The van der Waals surface area contributed by atoms with E-state index < -0.39 is 12.4 Å². The van der Waals surface area contributed by atoms with Crippen molar-refractivity contribution in [1.82, 2.24) is 14.8 Å². The molecule has 0 saturated heterocycles. The van der Waals surface area contributed by atoms with Crippen molar-refractivity contribution in [2.24, 2.45) is 0 Å². The van der Waals surface area contributed by atoms with Crippen molar-refractivity contribution in [3.05, 3.63) is 69.8 Å². The number of fused-ring (bicyclic) bond motifs is 1. The maximum Gasteiger partial charge on any atom is 0.573 e. The number of nitrogens with zero attached hydrogens (tertiary/aromatic N) is 3. The first-order chi connectivity index (χ1) is 14.4. The van der Waals surface area contributed by atoms with Crippen molar-refractivity contribution in [2.75, 3.05) is 5.32 Å². The lowest BCUT2D eigenvalue weighted by Crippen LogP contribution is -2.33. The van der Waals surface area contributed by atoms with Crippen LogP contribution in [0.15, 0.2) is 59.4 Å². The van der Waals surface area contributed by atoms with E-state index in [2.05, 4.69) is 20.1 Å². The first-order valence-electron chi connectivity index (χ1n) is 9.21. The molecule has 0 radical (unpaired) electrons. The number of thiophene rings is 1. The van der Waals surface area contributed by atoms with Crippen molar-refractivity contribution in [3.63, 3.8) is 0 Å². The van der Waals surface area contributed by atoms with Gasteiger partial charge in [0.1, 0.15) is 18.1 Å². The van der Waals surface area contributed by atoms with E-state index in [4.69, 9.17) is 0 Å². The Hall–Kier alpha value is -3.14. The van der Waals surface area contributed by atoms with E-state index in [0.717, 1.165) is 10.6 Å². The molecule has 0 bridgehead atoms. The molecular weight excluding hydrogens is 417 g/mol. The zero-order valence-electron chi connectivity index (χ0n) is 15.4. The zero-order chi connectivity index (χ0) is 20.9. The summed E-state index contributed by atoms with van der Waals surface area (Å²) in [6.45, 7) is 0. The highest BCUT2D eigenvalue weighted by Gasteiger charge is 2.39. The number of anilines is 1. The second-order valence-corrected chi connectivity index (χ2v) is 8.09. The third-order valence-corrected chi connectivity index (χ3v) is 6.27. The first kappa shape index (κ1) is 18.9. The van der Waals surface area contributed by atoms with Crippen molar-refractivity contribution in [1.29, 1.82) is 0 Å². The van der Waals surface area contributed by atoms with E-state index in [1.807, 2.05) is 17.5 Å². The van der Waals surface area contributed by atoms with Crippen LogP contribution >= 0.6 is 11.3 Å². The Balaban J connectivity index is 1.53. The summed E-state index contributed by atoms with van der Waals surface area (Å²) in [4.78, 5) is 18.5. The molecule has 2 aromatic heterocycles. The highest BCUT2D eigenvalue weighted by molar-refractivity contribution is 7.10. The van der Waals surface area contributed by atoms with Crippen LogP contribution in [0.2, 0.25) is 0 Å². The summed E-state index contributed by atoms with van der Waals surface area (Å²) in [6, 6.07) is 8.95. The standard InChI is InChI=1S/C20H15F3N4O2S/c21-20(22,23)29-13-5-3-11(4-6-13)18-17-14(26-19-24-10-25-27(18)19)8-12(9-15(17)28)16-2-1-7-30-16/h1-7,10,12,18H,8-9H2,(H,24,25,26)/t12-,18-/m0/s1. The minimum Gasteiger partial charge on any atom is -0.406 e. The number of alkyl halides is 3. The highest BCUT2D eigenvalue weighted by Crippen LogP contribution is 2.44. The lowest BCUT2D eigenvalue weighted by Gasteiger charge is -2.34. The van der Waals surface area contributed by atoms with Gasteiger partial charge in [-0.2, -0.15) is 10.1 Å². The number of Topliss-reactive ketones (excluding diaryl/α,β-unsaturated/α-hetero) is 1. The Kier molecular flexibility index (Phi) is 4.39. The number of ketones is 1. The minimum atomic E-state index is -4.76. The van der Waals surface area contributed by atoms with E-state index in [0.29, 0.717) is 29.9 Å². The van der Waals surface area contributed by atoms with Crippen molar-refractivity contribution >= 4 is 23.1 Å². The molecule has 2 atom stereocenters. The van der Waals surface area contributed by atoms with Gasteiger partial charge >= 0.3 is 6.36 Å². The van der Waals surface area contributed by atoms with Gasteiger partial charge in [0.2, 0.25) is 5.95 Å². The molecule has 1 N–H and O–H groups in total. The molecule has 6 nitrogen and oxygen atoms in total. The van der Waals surface area contributed by atoms with Gasteiger partial charge in [-0.05, 0) is 35.6 Å². The molecule has 0 saturated carbocycles. The Bertz CT molecular complexity index is 1120. The second-order valence-electron chi connectivity index (χ2n) is 7.11. The fourth-order valence-electron chi connectivity index (χ4n) is 4.04. The van der Waals surface area contributed by atoms with E-state index >= 15 is 0 Å². The Morgan fingerprint density at radius 2 is 1.97 bits per heavy atom. The number of hydrogen-bond acceptors (Lipinski definition) is 6. The molecule has 0 amide bonds. The molecule has 5 rings (SSSR count). The smallest absolute Gasteiger partial charge is 0.406 e. The van der Waals surface area contributed by atoms with Crippen LogP contribution in [-0.4, -0.2) is 26.9 Å². The number of hydrogen-bond donors (Lipinski definition) is 1. The zero-order valence-corrected chi connectivity index (χ0v) is 16.2. The van der Waals surface area contributed by atoms with Gasteiger partial charge in [-0.15, -0.1) is 24.5 Å². The lowest BCUT2D eigenvalue weighted by atomic mass is 9.80. The van der Waals surface area contributed by atoms with Crippen molar-refractivity contribution < 1.29 is 22.7 Å². The number of rotatable bonds is 3. The van der Waals surface area contributed by atoms with Crippen molar-refractivity contribution in [3.8, 4) is 5.75 Å². The third-order valence-electron chi connectivity index (χ3n) is 5.24. The number of ether oxygens (including phenoxy) is 1. The number of carbonyl (C=O) groups is 1. The summed E-state index contributed by atoms with van der Waals surface area (Å²) >= 11 is 1.62. The van der Waals surface area contributed by atoms with Crippen LogP contribution in [0, 0.1) is 0 Å². The Labute approximate surface area is 173 Å². The van der Waals surface area contributed by atoms with Crippen LogP contribution in [-0.2, 0) is 4.79 Å². The summed E-state index contributed by atoms with van der Waals surface area (Å²) in [6.07, 6.45) is -2.35. The number of aromatic nitrogens is 3. The summed E-state index contributed by atoms with van der Waals surface area (Å²) in [5.74, 6) is 0.250. The van der Waals surface area contributed by atoms with Crippen LogP contribution in [0.5, 0.6) is 5.75 Å². The quantitative estimate of drug-likeness (QED) is 0.652. The van der Waals surface area contributed by atoms with E-state index in [9.17, 15) is 18.0 Å². The normalized spacial score (nSPS) is 21.1. The molecule has 1 aromatic carbocycles. The average molecular weight is 432 g/mol. The molecule has 1 aliphatic heterocycles. The SMILES string of the molecule is O=C1C[C@@H](c2cccs2)CC2=C1[C@H](c1ccc(OC(F)(F)F)cc1)n1ncnc1N2. The highest BCUT2D eigenvalue weighted by atomic mass is 32.1. The number of halogens is 3. The molecule has 10 heteroatoms. The minimum absolute atomic E-state index is 0.0103. The fraction of sp³-hybridized carbons (Fsp3) is 0.250. The number of carbonyl (C=O) groups excluding carboxylic acids is 1. The second kappa shape index (κ2) is 6.98. The molecule has 3 aromatic rings. The van der Waals surface area contributed by atoms with Gasteiger partial charge in [-0.3, -0.25) is 4.79 Å². The fourth-order valence-corrected chi connectivity index (χ4v) is 4.87. The molecule has 0 fully saturated rings. The third kappa shape index (κ3) is 3.36. The summed E-state index contributed by atoms with van der Waals surface area (Å²) in [5, 5.41) is 9.45. The van der Waals surface area contributed by atoms with E-state index in [1.54, 1.807) is 16.0 Å². The summed E-state index contributed by atoms with van der Waals surface area (Å²) in [7, 11) is 0. The van der Waals surface area contributed by atoms with Gasteiger partial charge in [0.25, 0.3) is 0 Å². The predicted molar refractivity (Wildman–Crippen MR) is 103 cm³/mol. The van der Waals surface area contributed by atoms with Crippen LogP contribution in [0.3, 0.4) is 0 Å². The Morgan fingerprint density at radius 3 is 2.67 bits per heavy atom. The number of nitrogens with one attached hydrogen (secondary N) is 1. The van der Waals surface area contributed by atoms with Crippen LogP contribution in [0.4, 0.5) is 19.1 Å². The van der Waals surface area contributed by atoms with E-state index in [-0.39, 0.29) is 17.5 Å². The van der Waals surface area contributed by atoms with Crippen LogP contribution in [0.1, 0.15) is 35.2 Å². The van der Waals surface area contributed by atoms with Crippen molar-refractivity contribution in [2.45, 2.75) is 31.2 Å². The number of allylic oxidation sites excluding steroid dienone is 2. The molecule has 1 aliphatic carbocycles. The summed E-state index contributed by atoms with van der Waals surface area (Å²) < 4.78 is 43.0. The number of benzene rings is 1. The van der Waals surface area contributed by atoms with E-state index in [1.165, 1.54) is 30.6 Å². The lowest BCUT2D eigenvalue weighted by molar-refractivity contribution is -0.274. The first-order valence-corrected chi connectivity index (χ1v) is 10.1. The molecule has 2 aliphatic rings. The molecular formula is C20H15F3N4O2S. The molecule has 0 spiro atoms. The van der Waals surface area contributed by atoms with Gasteiger partial charge in [0.05, 0.1) is 0 Å². The molecule has 30 heavy (non-hydrogen) atoms. The maximum absolute atomic E-state index is 13.2. The Morgan fingerprint density at radius 1 is 1.17 bits per heavy atom. The maximum atomic E-state index is 13.2. The molecule has 154 valence electrons. The van der Waals surface area contributed by atoms with Gasteiger partial charge in [-0.1, -0.05) is 18.2 Å². The molecule has 3 heterocycles. The van der Waals surface area contributed by atoms with Crippen LogP contribution < -0.4 is 10.1 Å². The topological polar surface area (TPSA) is 69.0 Å². The molecule has 0 unspecified atom stereocenters. The average Bonchev–Trinajstić information content (AvgIpc) is 3.37. The van der Waals surface area contributed by atoms with Gasteiger partial charge < -0.3 is 10.1 Å².